The third-order valence-corrected chi connectivity index (χ3v) is 6.60. The zero-order valence-electron chi connectivity index (χ0n) is 17.7. The predicted molar refractivity (Wildman–Crippen MR) is 111 cm³/mol. The quantitative estimate of drug-likeness (QED) is 0.771. The van der Waals surface area contributed by atoms with Crippen molar-refractivity contribution in [2.45, 2.75) is 13.0 Å². The molecule has 3 aliphatic heterocycles. The molecule has 0 bridgehead atoms. The number of fused-ring (bicyclic) bond motifs is 1. The normalized spacial score (nSPS) is 27.2. The molecule has 3 fully saturated rings. The maximum atomic E-state index is 12.9. The van der Waals surface area contributed by atoms with E-state index in [9.17, 15) is 9.59 Å². The maximum Gasteiger partial charge on any atom is 0.320 e. The molecular weight excluding hydrogens is 368 g/mol. The highest BCUT2D eigenvalue weighted by Gasteiger charge is 2.50. The molecule has 0 saturated carbocycles. The molecule has 1 aromatic carbocycles. The van der Waals surface area contributed by atoms with Gasteiger partial charge in [0.1, 0.15) is 0 Å². The minimum absolute atomic E-state index is 0.0691. The van der Waals surface area contributed by atoms with Gasteiger partial charge < -0.3 is 19.4 Å². The SMILES string of the molecule is Cc1ccccc1[C@H]1[C@@H]2CN(CC(=O)N3CCOCC3)C[C@@H]2CN1C(=O)N(C)C. The number of ether oxygens (including phenoxy) is 1. The lowest BCUT2D eigenvalue weighted by Crippen LogP contribution is -2.46. The molecule has 7 nitrogen and oxygen atoms in total. The number of carbonyl (C=O) groups excluding carboxylic acids is 2. The predicted octanol–water partition coefficient (Wildman–Crippen LogP) is 1.44. The Bertz CT molecular complexity index is 762. The van der Waals surface area contributed by atoms with Gasteiger partial charge in [-0.3, -0.25) is 9.69 Å². The molecule has 0 radical (unpaired) electrons. The minimum Gasteiger partial charge on any atom is -0.378 e. The lowest BCUT2D eigenvalue weighted by Gasteiger charge is -2.33. The van der Waals surface area contributed by atoms with Crippen LogP contribution in [0.1, 0.15) is 17.2 Å². The zero-order valence-corrected chi connectivity index (χ0v) is 17.7. The van der Waals surface area contributed by atoms with Crippen LogP contribution >= 0.6 is 0 Å². The molecule has 1 aromatic rings. The number of hydrogen-bond acceptors (Lipinski definition) is 4. The van der Waals surface area contributed by atoms with Crippen molar-refractivity contribution in [2.75, 3.05) is 66.6 Å². The van der Waals surface area contributed by atoms with Crippen molar-refractivity contribution in [1.82, 2.24) is 19.6 Å². The number of morpholine rings is 1. The number of rotatable bonds is 3. The van der Waals surface area contributed by atoms with Gasteiger partial charge in [0.2, 0.25) is 5.91 Å². The van der Waals surface area contributed by atoms with Gasteiger partial charge in [-0.2, -0.15) is 0 Å². The number of benzene rings is 1. The van der Waals surface area contributed by atoms with E-state index in [0.717, 1.165) is 19.6 Å². The molecule has 3 atom stereocenters. The first-order valence-corrected chi connectivity index (χ1v) is 10.6. The lowest BCUT2D eigenvalue weighted by atomic mass is 9.88. The summed E-state index contributed by atoms with van der Waals surface area (Å²) in [5.41, 5.74) is 2.45. The van der Waals surface area contributed by atoms with Crippen molar-refractivity contribution in [2.24, 2.45) is 11.8 Å². The molecule has 3 saturated heterocycles. The fraction of sp³-hybridized carbons (Fsp3) is 0.636. The van der Waals surface area contributed by atoms with Crippen LogP contribution in [0.3, 0.4) is 0 Å². The molecule has 158 valence electrons. The fourth-order valence-corrected chi connectivity index (χ4v) is 5.14. The topological polar surface area (TPSA) is 56.3 Å². The molecular formula is C22H32N4O3. The molecule has 0 N–H and O–H groups in total. The van der Waals surface area contributed by atoms with Crippen LogP contribution in [0.2, 0.25) is 0 Å². The third kappa shape index (κ3) is 3.98. The largest absolute Gasteiger partial charge is 0.378 e. The van der Waals surface area contributed by atoms with Crippen molar-refractivity contribution in [3.8, 4) is 0 Å². The highest BCUT2D eigenvalue weighted by Crippen LogP contribution is 2.46. The molecule has 3 amide bonds. The smallest absolute Gasteiger partial charge is 0.320 e. The van der Waals surface area contributed by atoms with E-state index in [1.54, 1.807) is 4.90 Å². The summed E-state index contributed by atoms with van der Waals surface area (Å²) in [6.07, 6.45) is 0. The Balaban J connectivity index is 1.50. The third-order valence-electron chi connectivity index (χ3n) is 6.60. The number of amides is 3. The Kier molecular flexibility index (Phi) is 5.79. The molecule has 0 spiro atoms. The summed E-state index contributed by atoms with van der Waals surface area (Å²) in [5.74, 6) is 0.959. The first-order chi connectivity index (χ1) is 14.0. The van der Waals surface area contributed by atoms with E-state index in [4.69, 9.17) is 4.74 Å². The molecule has 29 heavy (non-hydrogen) atoms. The van der Waals surface area contributed by atoms with E-state index in [0.29, 0.717) is 44.7 Å². The Morgan fingerprint density at radius 3 is 2.52 bits per heavy atom. The van der Waals surface area contributed by atoms with Crippen LogP contribution in [0.4, 0.5) is 4.79 Å². The summed E-state index contributed by atoms with van der Waals surface area (Å²) in [6.45, 7) is 7.72. The average molecular weight is 401 g/mol. The summed E-state index contributed by atoms with van der Waals surface area (Å²) in [6, 6.07) is 8.52. The molecule has 3 heterocycles. The standard InChI is InChI=1S/C22H32N4O3/c1-16-6-4-5-7-18(16)21-19-14-24(15-20(27)25-8-10-29-11-9-25)12-17(19)13-26(21)22(28)23(2)3/h4-7,17,19,21H,8-15H2,1-3H3/t17-,19-,21+/m1/s1. The summed E-state index contributed by atoms with van der Waals surface area (Å²) < 4.78 is 5.36. The first kappa shape index (κ1) is 20.2. The van der Waals surface area contributed by atoms with Crippen molar-refractivity contribution in [1.29, 1.82) is 0 Å². The van der Waals surface area contributed by atoms with Crippen molar-refractivity contribution < 1.29 is 14.3 Å². The molecule has 0 aromatic heterocycles. The van der Waals surface area contributed by atoms with E-state index in [1.807, 2.05) is 30.0 Å². The van der Waals surface area contributed by atoms with Crippen LogP contribution in [0.25, 0.3) is 0 Å². The van der Waals surface area contributed by atoms with Crippen molar-refractivity contribution in [3.05, 3.63) is 35.4 Å². The monoisotopic (exact) mass is 400 g/mol. The van der Waals surface area contributed by atoms with Crippen LogP contribution in [0, 0.1) is 18.8 Å². The van der Waals surface area contributed by atoms with Crippen molar-refractivity contribution in [3.63, 3.8) is 0 Å². The molecule has 7 heteroatoms. The van der Waals surface area contributed by atoms with Gasteiger partial charge >= 0.3 is 6.03 Å². The summed E-state index contributed by atoms with van der Waals surface area (Å²) in [4.78, 5) is 33.5. The van der Waals surface area contributed by atoms with Crippen LogP contribution in [0.5, 0.6) is 0 Å². The van der Waals surface area contributed by atoms with Crippen LogP contribution in [0.15, 0.2) is 24.3 Å². The van der Waals surface area contributed by atoms with Gasteiger partial charge in [-0.15, -0.1) is 0 Å². The van der Waals surface area contributed by atoms with E-state index in [2.05, 4.69) is 30.0 Å². The Hall–Kier alpha value is -2.12. The van der Waals surface area contributed by atoms with E-state index >= 15 is 0 Å². The highest BCUT2D eigenvalue weighted by molar-refractivity contribution is 5.78. The van der Waals surface area contributed by atoms with Gasteiger partial charge in [-0.1, -0.05) is 24.3 Å². The second-order valence-corrected chi connectivity index (χ2v) is 8.74. The van der Waals surface area contributed by atoms with Gasteiger partial charge in [0.25, 0.3) is 0 Å². The number of urea groups is 1. The molecule has 0 aliphatic carbocycles. The summed E-state index contributed by atoms with van der Waals surface area (Å²) >= 11 is 0. The van der Waals surface area contributed by atoms with Gasteiger partial charge in [-0.05, 0) is 24.0 Å². The minimum atomic E-state index is 0.0691. The summed E-state index contributed by atoms with van der Waals surface area (Å²) in [5, 5.41) is 0. The maximum absolute atomic E-state index is 12.9. The molecule has 4 rings (SSSR count). The van der Waals surface area contributed by atoms with Gasteiger partial charge in [0.15, 0.2) is 0 Å². The number of likely N-dealkylation sites (tertiary alicyclic amines) is 2. The van der Waals surface area contributed by atoms with Crippen LogP contribution in [-0.2, 0) is 9.53 Å². The number of aryl methyl sites for hydroxylation is 1. The Morgan fingerprint density at radius 2 is 1.83 bits per heavy atom. The second kappa shape index (κ2) is 8.32. The zero-order chi connectivity index (χ0) is 20.5. The molecule has 3 aliphatic rings. The van der Waals surface area contributed by atoms with E-state index in [1.165, 1.54) is 11.1 Å². The number of carbonyl (C=O) groups is 2. The highest BCUT2D eigenvalue weighted by atomic mass is 16.5. The average Bonchev–Trinajstić information content (AvgIpc) is 3.25. The second-order valence-electron chi connectivity index (χ2n) is 8.74. The van der Waals surface area contributed by atoms with Crippen molar-refractivity contribution >= 4 is 11.9 Å². The van der Waals surface area contributed by atoms with E-state index < -0.39 is 0 Å². The first-order valence-electron chi connectivity index (χ1n) is 10.6. The van der Waals surface area contributed by atoms with Gasteiger partial charge in [0.05, 0.1) is 25.8 Å². The summed E-state index contributed by atoms with van der Waals surface area (Å²) in [7, 11) is 3.64. The molecule has 0 unspecified atom stereocenters. The number of nitrogens with zero attached hydrogens (tertiary/aromatic N) is 4. The van der Waals surface area contributed by atoms with E-state index in [-0.39, 0.29) is 18.0 Å². The van der Waals surface area contributed by atoms with Crippen LogP contribution in [-0.4, -0.2) is 98.1 Å². The lowest BCUT2D eigenvalue weighted by molar-refractivity contribution is -0.136. The number of hydrogen-bond donors (Lipinski definition) is 0. The van der Waals surface area contributed by atoms with Gasteiger partial charge in [-0.25, -0.2) is 4.79 Å². The van der Waals surface area contributed by atoms with Crippen LogP contribution < -0.4 is 0 Å². The van der Waals surface area contributed by atoms with Gasteiger partial charge in [0, 0.05) is 52.7 Å². The Morgan fingerprint density at radius 1 is 1.10 bits per heavy atom. The Labute approximate surface area is 173 Å². The fourth-order valence-electron chi connectivity index (χ4n) is 5.14.